The Morgan fingerprint density at radius 3 is 2.61 bits per heavy atom. The molecule has 126 valence electrons. The van der Waals surface area contributed by atoms with E-state index < -0.39 is 5.97 Å². The van der Waals surface area contributed by atoms with Crippen molar-refractivity contribution in [1.82, 2.24) is 9.88 Å². The van der Waals surface area contributed by atoms with Gasteiger partial charge in [0.1, 0.15) is 5.69 Å². The Labute approximate surface area is 136 Å². The molecule has 2 rings (SSSR count). The van der Waals surface area contributed by atoms with Crippen LogP contribution < -0.4 is 5.32 Å². The second kappa shape index (κ2) is 7.44. The van der Waals surface area contributed by atoms with Gasteiger partial charge in [0, 0.05) is 24.8 Å². The number of hydrogen-bond acceptors (Lipinski definition) is 4. The normalized spacial score (nSPS) is 20.8. The van der Waals surface area contributed by atoms with Gasteiger partial charge in [-0.15, -0.1) is 0 Å². The first-order chi connectivity index (χ1) is 10.9. The summed E-state index contributed by atoms with van der Waals surface area (Å²) in [4.78, 5) is 35.3. The third-order valence-corrected chi connectivity index (χ3v) is 4.41. The molecular formula is C17H24N2O4. The van der Waals surface area contributed by atoms with Gasteiger partial charge in [0.15, 0.2) is 12.4 Å². The number of aromatic nitrogens is 1. The van der Waals surface area contributed by atoms with Gasteiger partial charge in [0.25, 0.3) is 5.91 Å². The molecule has 1 saturated carbocycles. The summed E-state index contributed by atoms with van der Waals surface area (Å²) >= 11 is 0. The van der Waals surface area contributed by atoms with Gasteiger partial charge in [-0.25, -0.2) is 4.79 Å². The predicted molar refractivity (Wildman–Crippen MR) is 85.3 cm³/mol. The molecule has 1 amide bonds. The fraction of sp³-hybridized carbons (Fsp3) is 0.588. The van der Waals surface area contributed by atoms with E-state index in [2.05, 4.69) is 12.2 Å². The Morgan fingerprint density at radius 2 is 2.00 bits per heavy atom. The Bertz CT molecular complexity index is 606. The van der Waals surface area contributed by atoms with Gasteiger partial charge in [0.05, 0.1) is 0 Å². The number of Topliss-reactive ketones (excluding diaryl/α,β-unsaturated/α-hetero) is 1. The molecule has 0 aliphatic heterocycles. The number of ketones is 1. The second-order valence-corrected chi connectivity index (χ2v) is 6.29. The van der Waals surface area contributed by atoms with Crippen molar-refractivity contribution in [2.24, 2.45) is 13.0 Å². The highest BCUT2D eigenvalue weighted by molar-refractivity contribution is 5.98. The van der Waals surface area contributed by atoms with E-state index in [9.17, 15) is 14.4 Å². The van der Waals surface area contributed by atoms with Crippen LogP contribution in [0.2, 0.25) is 0 Å². The second-order valence-electron chi connectivity index (χ2n) is 6.29. The van der Waals surface area contributed by atoms with Crippen molar-refractivity contribution in [3.8, 4) is 0 Å². The summed E-state index contributed by atoms with van der Waals surface area (Å²) in [5.41, 5.74) is 0.703. The molecule has 1 heterocycles. The standard InChI is InChI=1S/C17H24N2O4/c1-11-6-4-5-7-14(11)18-16(21)10-23-17(22)15-8-13(12(2)20)9-19(15)3/h8-9,11,14H,4-7,10H2,1-3H3,(H,18,21)/t11-,14-/m0/s1. The lowest BCUT2D eigenvalue weighted by Gasteiger charge is -2.29. The van der Waals surface area contributed by atoms with Crippen LogP contribution in [0.1, 0.15) is 60.4 Å². The Balaban J connectivity index is 1.86. The SMILES string of the molecule is CC(=O)c1cc(C(=O)OCC(=O)N[C@H]2CCCC[C@@H]2C)n(C)c1. The van der Waals surface area contributed by atoms with E-state index in [0.29, 0.717) is 11.5 Å². The van der Waals surface area contributed by atoms with Crippen LogP contribution in [0.5, 0.6) is 0 Å². The molecule has 1 aromatic rings. The van der Waals surface area contributed by atoms with E-state index in [1.807, 2.05) is 0 Å². The molecule has 0 saturated heterocycles. The van der Waals surface area contributed by atoms with Crippen molar-refractivity contribution in [2.45, 2.75) is 45.6 Å². The van der Waals surface area contributed by atoms with E-state index in [0.717, 1.165) is 19.3 Å². The minimum atomic E-state index is -0.605. The molecule has 0 aromatic carbocycles. The van der Waals surface area contributed by atoms with Crippen LogP contribution in [0, 0.1) is 5.92 Å². The number of nitrogens with zero attached hydrogens (tertiary/aromatic N) is 1. The molecule has 2 atom stereocenters. The maximum absolute atomic E-state index is 12.0. The number of hydrogen-bond donors (Lipinski definition) is 1. The van der Waals surface area contributed by atoms with Crippen LogP contribution in [0.25, 0.3) is 0 Å². The monoisotopic (exact) mass is 320 g/mol. The highest BCUT2D eigenvalue weighted by atomic mass is 16.5. The molecule has 1 N–H and O–H groups in total. The van der Waals surface area contributed by atoms with Gasteiger partial charge in [-0.2, -0.15) is 0 Å². The van der Waals surface area contributed by atoms with Gasteiger partial charge < -0.3 is 14.6 Å². The van der Waals surface area contributed by atoms with Crippen LogP contribution in [0.3, 0.4) is 0 Å². The molecule has 0 radical (unpaired) electrons. The molecule has 1 aliphatic rings. The van der Waals surface area contributed by atoms with Crippen molar-refractivity contribution in [3.05, 3.63) is 23.5 Å². The van der Waals surface area contributed by atoms with Gasteiger partial charge in [-0.1, -0.05) is 19.8 Å². The van der Waals surface area contributed by atoms with E-state index in [1.165, 1.54) is 24.0 Å². The van der Waals surface area contributed by atoms with Gasteiger partial charge >= 0.3 is 5.97 Å². The maximum atomic E-state index is 12.0. The zero-order chi connectivity index (χ0) is 17.0. The van der Waals surface area contributed by atoms with Crippen LogP contribution in [-0.4, -0.2) is 34.9 Å². The maximum Gasteiger partial charge on any atom is 0.355 e. The Morgan fingerprint density at radius 1 is 1.30 bits per heavy atom. The van der Waals surface area contributed by atoms with Crippen LogP contribution in [0.15, 0.2) is 12.3 Å². The summed E-state index contributed by atoms with van der Waals surface area (Å²) in [5, 5.41) is 2.94. The predicted octanol–water partition coefficient (Wildman–Crippen LogP) is 2.08. The number of esters is 1. The number of rotatable bonds is 5. The largest absolute Gasteiger partial charge is 0.451 e. The smallest absolute Gasteiger partial charge is 0.355 e. The lowest BCUT2D eigenvalue weighted by atomic mass is 9.86. The Hall–Kier alpha value is -2.11. The molecule has 1 aliphatic carbocycles. The van der Waals surface area contributed by atoms with E-state index in [-0.39, 0.29) is 30.0 Å². The summed E-state index contributed by atoms with van der Waals surface area (Å²) in [7, 11) is 1.66. The summed E-state index contributed by atoms with van der Waals surface area (Å²) in [6.07, 6.45) is 5.98. The number of aryl methyl sites for hydroxylation is 1. The average Bonchev–Trinajstić information content (AvgIpc) is 2.89. The molecule has 0 bridgehead atoms. The van der Waals surface area contributed by atoms with Gasteiger partial charge in [-0.3, -0.25) is 9.59 Å². The first-order valence-corrected chi connectivity index (χ1v) is 8.02. The van der Waals surface area contributed by atoms with Gasteiger partial charge in [-0.05, 0) is 31.7 Å². The third kappa shape index (κ3) is 4.43. The van der Waals surface area contributed by atoms with Gasteiger partial charge in [0.2, 0.25) is 0 Å². The van der Waals surface area contributed by atoms with Crippen molar-refractivity contribution < 1.29 is 19.1 Å². The van der Waals surface area contributed by atoms with Crippen molar-refractivity contribution in [3.63, 3.8) is 0 Å². The quantitative estimate of drug-likeness (QED) is 0.665. The molecule has 0 unspecified atom stereocenters. The third-order valence-electron chi connectivity index (χ3n) is 4.41. The molecule has 1 fully saturated rings. The number of carbonyl (C=O) groups excluding carboxylic acids is 3. The first kappa shape index (κ1) is 17.2. The van der Waals surface area contributed by atoms with E-state index in [1.54, 1.807) is 13.2 Å². The zero-order valence-electron chi connectivity index (χ0n) is 13.9. The van der Waals surface area contributed by atoms with Crippen LogP contribution in [-0.2, 0) is 16.6 Å². The molecule has 6 nitrogen and oxygen atoms in total. The van der Waals surface area contributed by atoms with Crippen LogP contribution >= 0.6 is 0 Å². The highest BCUT2D eigenvalue weighted by Gasteiger charge is 2.23. The number of ether oxygens (including phenoxy) is 1. The zero-order valence-corrected chi connectivity index (χ0v) is 13.9. The fourth-order valence-corrected chi connectivity index (χ4v) is 2.94. The molecule has 0 spiro atoms. The Kier molecular flexibility index (Phi) is 5.58. The van der Waals surface area contributed by atoms with Crippen molar-refractivity contribution >= 4 is 17.7 Å². The van der Waals surface area contributed by atoms with Crippen molar-refractivity contribution in [2.75, 3.05) is 6.61 Å². The summed E-state index contributed by atoms with van der Waals surface area (Å²) in [6.45, 7) is 3.26. The topological polar surface area (TPSA) is 77.4 Å². The lowest BCUT2D eigenvalue weighted by molar-refractivity contribution is -0.125. The highest BCUT2D eigenvalue weighted by Crippen LogP contribution is 2.23. The summed E-state index contributed by atoms with van der Waals surface area (Å²) in [5.74, 6) is -0.553. The molecule has 1 aromatic heterocycles. The average molecular weight is 320 g/mol. The first-order valence-electron chi connectivity index (χ1n) is 8.02. The van der Waals surface area contributed by atoms with E-state index >= 15 is 0 Å². The molecular weight excluding hydrogens is 296 g/mol. The minimum absolute atomic E-state index is 0.122. The lowest BCUT2D eigenvalue weighted by Crippen LogP contribution is -2.42. The molecule has 6 heteroatoms. The number of carbonyl (C=O) groups is 3. The summed E-state index contributed by atoms with van der Waals surface area (Å²) in [6, 6.07) is 1.64. The fourth-order valence-electron chi connectivity index (χ4n) is 2.94. The van der Waals surface area contributed by atoms with E-state index in [4.69, 9.17) is 4.74 Å². The number of amides is 1. The minimum Gasteiger partial charge on any atom is -0.451 e. The van der Waals surface area contributed by atoms with Crippen molar-refractivity contribution in [1.29, 1.82) is 0 Å². The number of nitrogens with one attached hydrogen (secondary N) is 1. The summed E-state index contributed by atoms with van der Waals surface area (Å²) < 4.78 is 6.59. The molecule has 23 heavy (non-hydrogen) atoms. The van der Waals surface area contributed by atoms with Crippen LogP contribution in [0.4, 0.5) is 0 Å².